The van der Waals surface area contributed by atoms with Gasteiger partial charge in [0, 0.05) is 6.54 Å². The molecule has 0 aliphatic carbocycles. The molecule has 2 atom stereocenters. The Bertz CT molecular complexity index is 516. The first-order valence-electron chi connectivity index (χ1n) is 6.50. The predicted molar refractivity (Wildman–Crippen MR) is 70.8 cm³/mol. The van der Waals surface area contributed by atoms with Crippen LogP contribution >= 0.6 is 0 Å². The fraction of sp³-hybridized carbons (Fsp3) is 0.750. The molecule has 7 heteroatoms. The summed E-state index contributed by atoms with van der Waals surface area (Å²) in [5, 5.41) is 13.8. The lowest BCUT2D eigenvalue weighted by Gasteiger charge is -2.27. The van der Waals surface area contributed by atoms with Crippen molar-refractivity contribution in [2.24, 2.45) is 0 Å². The minimum Gasteiger partial charge on any atom is -0.493 e. The maximum absolute atomic E-state index is 12.1. The van der Waals surface area contributed by atoms with Crippen LogP contribution in [0.4, 0.5) is 0 Å². The third kappa shape index (κ3) is 2.62. The van der Waals surface area contributed by atoms with Gasteiger partial charge in [-0.1, -0.05) is 6.42 Å². The first kappa shape index (κ1) is 14.3. The van der Waals surface area contributed by atoms with Crippen molar-refractivity contribution >= 4 is 9.84 Å². The van der Waals surface area contributed by atoms with Gasteiger partial charge < -0.3 is 9.84 Å². The van der Waals surface area contributed by atoms with Crippen molar-refractivity contribution in [2.45, 2.75) is 44.1 Å². The van der Waals surface area contributed by atoms with Gasteiger partial charge in [0.1, 0.15) is 11.8 Å². The van der Waals surface area contributed by atoms with E-state index in [0.717, 1.165) is 6.42 Å². The summed E-state index contributed by atoms with van der Waals surface area (Å²) in [6, 6.07) is 0. The quantitative estimate of drug-likeness (QED) is 0.890. The van der Waals surface area contributed by atoms with E-state index >= 15 is 0 Å². The van der Waals surface area contributed by atoms with Gasteiger partial charge in [-0.15, -0.1) is 0 Å². The number of aryl methyl sites for hydroxylation is 1. The molecule has 0 aromatic carbocycles. The molecule has 1 aromatic heterocycles. The van der Waals surface area contributed by atoms with Crippen LogP contribution in [0.1, 0.15) is 38.0 Å². The zero-order valence-corrected chi connectivity index (χ0v) is 12.1. The summed E-state index contributed by atoms with van der Waals surface area (Å²) in [6.07, 6.45) is 2.42. The molecule has 6 nitrogen and oxygen atoms in total. The van der Waals surface area contributed by atoms with Gasteiger partial charge in [0.2, 0.25) is 0 Å². The van der Waals surface area contributed by atoms with Crippen LogP contribution in [-0.2, 0) is 16.4 Å². The SMILES string of the molecule is CCn1ncc(OC)c1C(O)C1CCCCS1(=O)=O. The lowest BCUT2D eigenvalue weighted by molar-refractivity contribution is 0.150. The highest BCUT2D eigenvalue weighted by Crippen LogP contribution is 2.34. The summed E-state index contributed by atoms with van der Waals surface area (Å²) in [5.41, 5.74) is 0.459. The van der Waals surface area contributed by atoms with Crippen molar-refractivity contribution in [1.29, 1.82) is 0 Å². The number of hydrogen-bond donors (Lipinski definition) is 1. The van der Waals surface area contributed by atoms with E-state index in [9.17, 15) is 13.5 Å². The normalized spacial score (nSPS) is 24.1. The number of aliphatic hydroxyl groups excluding tert-OH is 1. The molecule has 1 fully saturated rings. The first-order valence-corrected chi connectivity index (χ1v) is 8.22. The second-order valence-corrected chi connectivity index (χ2v) is 7.10. The molecule has 2 heterocycles. The average molecular weight is 288 g/mol. The van der Waals surface area contributed by atoms with E-state index in [1.807, 2.05) is 6.92 Å². The molecule has 0 amide bonds. The van der Waals surface area contributed by atoms with Crippen LogP contribution in [0.3, 0.4) is 0 Å². The lowest BCUT2D eigenvalue weighted by Crippen LogP contribution is -2.35. The number of methoxy groups -OCH3 is 1. The maximum Gasteiger partial charge on any atom is 0.162 e. The molecule has 0 radical (unpaired) electrons. The minimum atomic E-state index is -3.25. The molecular formula is C12H20N2O4S. The highest BCUT2D eigenvalue weighted by atomic mass is 32.2. The van der Waals surface area contributed by atoms with Gasteiger partial charge >= 0.3 is 0 Å². The largest absolute Gasteiger partial charge is 0.493 e. The van der Waals surface area contributed by atoms with E-state index in [1.165, 1.54) is 13.3 Å². The Hall–Kier alpha value is -1.08. The Morgan fingerprint density at radius 3 is 2.89 bits per heavy atom. The fourth-order valence-electron chi connectivity index (χ4n) is 2.60. The monoisotopic (exact) mass is 288 g/mol. The van der Waals surface area contributed by atoms with Crippen LogP contribution in [0.25, 0.3) is 0 Å². The molecule has 0 bridgehead atoms. The first-order chi connectivity index (χ1) is 9.01. The average Bonchev–Trinajstić information content (AvgIpc) is 2.80. The Morgan fingerprint density at radius 1 is 1.58 bits per heavy atom. The molecular weight excluding hydrogens is 268 g/mol. The molecule has 19 heavy (non-hydrogen) atoms. The van der Waals surface area contributed by atoms with Crippen LogP contribution in [-0.4, -0.2) is 41.4 Å². The van der Waals surface area contributed by atoms with E-state index in [4.69, 9.17) is 4.74 Å². The summed E-state index contributed by atoms with van der Waals surface area (Å²) in [5.74, 6) is 0.590. The molecule has 108 valence electrons. The van der Waals surface area contributed by atoms with Gasteiger partial charge in [-0.3, -0.25) is 4.68 Å². The number of nitrogens with zero attached hydrogens (tertiary/aromatic N) is 2. The topological polar surface area (TPSA) is 81.4 Å². The van der Waals surface area contributed by atoms with Crippen LogP contribution in [0.5, 0.6) is 5.75 Å². The molecule has 2 unspecified atom stereocenters. The minimum absolute atomic E-state index is 0.150. The molecule has 1 aliphatic heterocycles. The van der Waals surface area contributed by atoms with E-state index in [2.05, 4.69) is 5.10 Å². The van der Waals surface area contributed by atoms with Crippen molar-refractivity contribution in [3.8, 4) is 5.75 Å². The van der Waals surface area contributed by atoms with Crippen LogP contribution < -0.4 is 4.74 Å². The summed E-state index contributed by atoms with van der Waals surface area (Å²) in [6.45, 7) is 2.44. The molecule has 0 saturated carbocycles. The highest BCUT2D eigenvalue weighted by molar-refractivity contribution is 7.92. The molecule has 1 saturated heterocycles. The second kappa shape index (κ2) is 5.50. The smallest absolute Gasteiger partial charge is 0.162 e. The zero-order chi connectivity index (χ0) is 14.0. The van der Waals surface area contributed by atoms with E-state index < -0.39 is 21.2 Å². The van der Waals surface area contributed by atoms with Crippen LogP contribution in [0.15, 0.2) is 6.20 Å². The summed E-state index contributed by atoms with van der Waals surface area (Å²) in [7, 11) is -1.76. The molecule has 1 aliphatic rings. The fourth-order valence-corrected chi connectivity index (χ4v) is 4.55. The van der Waals surface area contributed by atoms with E-state index in [-0.39, 0.29) is 5.75 Å². The second-order valence-electron chi connectivity index (χ2n) is 4.76. The summed E-state index contributed by atoms with van der Waals surface area (Å²) < 4.78 is 30.9. The highest BCUT2D eigenvalue weighted by Gasteiger charge is 2.38. The number of aromatic nitrogens is 2. The zero-order valence-electron chi connectivity index (χ0n) is 11.2. The van der Waals surface area contributed by atoms with Crippen molar-refractivity contribution in [2.75, 3.05) is 12.9 Å². The van der Waals surface area contributed by atoms with Crippen molar-refractivity contribution < 1.29 is 18.3 Å². The molecule has 1 N–H and O–H groups in total. The van der Waals surface area contributed by atoms with Crippen LogP contribution in [0, 0.1) is 0 Å². The van der Waals surface area contributed by atoms with Gasteiger partial charge in [-0.05, 0) is 19.8 Å². The third-order valence-corrected chi connectivity index (χ3v) is 5.90. The summed E-state index contributed by atoms with van der Waals surface area (Å²) >= 11 is 0. The van der Waals surface area contributed by atoms with Gasteiger partial charge in [0.25, 0.3) is 0 Å². The molecule has 1 aromatic rings. The number of ether oxygens (including phenoxy) is 1. The Balaban J connectivity index is 2.38. The standard InChI is InChI=1S/C12H20N2O4S/c1-3-14-11(9(18-2)8-13-14)12(15)10-6-4-5-7-19(10,16)17/h8,10,12,15H,3-7H2,1-2H3. The Kier molecular flexibility index (Phi) is 4.15. The van der Waals surface area contributed by atoms with Crippen LogP contribution in [0.2, 0.25) is 0 Å². The van der Waals surface area contributed by atoms with Gasteiger partial charge in [-0.25, -0.2) is 8.42 Å². The predicted octanol–water partition coefficient (Wildman–Crippen LogP) is 0.912. The van der Waals surface area contributed by atoms with Gasteiger partial charge in [0.15, 0.2) is 15.6 Å². The maximum atomic E-state index is 12.1. The number of sulfone groups is 1. The Morgan fingerprint density at radius 2 is 2.32 bits per heavy atom. The Labute approximate surface area is 113 Å². The lowest BCUT2D eigenvalue weighted by atomic mass is 10.1. The van der Waals surface area contributed by atoms with Crippen molar-refractivity contribution in [3.05, 3.63) is 11.9 Å². The van der Waals surface area contributed by atoms with E-state index in [0.29, 0.717) is 30.8 Å². The van der Waals surface area contributed by atoms with Gasteiger partial charge in [-0.2, -0.15) is 5.10 Å². The summed E-state index contributed by atoms with van der Waals surface area (Å²) in [4.78, 5) is 0. The molecule has 0 spiro atoms. The molecule has 2 rings (SSSR count). The number of hydrogen-bond acceptors (Lipinski definition) is 5. The third-order valence-electron chi connectivity index (χ3n) is 3.63. The number of rotatable bonds is 4. The van der Waals surface area contributed by atoms with Gasteiger partial charge in [0.05, 0.1) is 24.3 Å². The van der Waals surface area contributed by atoms with Crippen molar-refractivity contribution in [3.63, 3.8) is 0 Å². The van der Waals surface area contributed by atoms with Crippen molar-refractivity contribution in [1.82, 2.24) is 9.78 Å². The number of aliphatic hydroxyl groups is 1. The van der Waals surface area contributed by atoms with E-state index in [1.54, 1.807) is 4.68 Å².